The van der Waals surface area contributed by atoms with Crippen molar-refractivity contribution in [2.24, 2.45) is 0 Å². The van der Waals surface area contributed by atoms with Gasteiger partial charge in [-0.3, -0.25) is 0 Å². The first-order valence-corrected chi connectivity index (χ1v) is 7.06. The van der Waals surface area contributed by atoms with Crippen molar-refractivity contribution in [3.8, 4) is 0 Å². The summed E-state index contributed by atoms with van der Waals surface area (Å²) >= 11 is 1.82. The van der Waals surface area contributed by atoms with E-state index in [-0.39, 0.29) is 6.04 Å². The summed E-state index contributed by atoms with van der Waals surface area (Å²) in [6, 6.07) is 1.19. The van der Waals surface area contributed by atoms with E-state index in [0.717, 1.165) is 18.0 Å². The molecule has 3 nitrogen and oxygen atoms in total. The molecule has 0 saturated carbocycles. The van der Waals surface area contributed by atoms with Crippen LogP contribution in [0.3, 0.4) is 0 Å². The summed E-state index contributed by atoms with van der Waals surface area (Å²) < 4.78 is 38.1. The van der Waals surface area contributed by atoms with Crippen LogP contribution in [0.15, 0.2) is 12.3 Å². The first kappa shape index (κ1) is 14.3. The minimum Gasteiger partial charge on any atom is -0.396 e. The first-order chi connectivity index (χ1) is 8.80. The Morgan fingerprint density at radius 2 is 2.11 bits per heavy atom. The lowest BCUT2D eigenvalue weighted by Crippen LogP contribution is -2.45. The van der Waals surface area contributed by atoms with Gasteiger partial charge in [0.05, 0.1) is 17.6 Å². The van der Waals surface area contributed by atoms with Gasteiger partial charge in [-0.2, -0.15) is 24.9 Å². The van der Waals surface area contributed by atoms with Crippen LogP contribution in [0.25, 0.3) is 0 Å². The van der Waals surface area contributed by atoms with Crippen molar-refractivity contribution in [1.82, 2.24) is 4.98 Å². The zero-order chi connectivity index (χ0) is 14.2. The normalized spacial score (nSPS) is 24.6. The Balaban J connectivity index is 2.38. The van der Waals surface area contributed by atoms with Crippen molar-refractivity contribution in [3.05, 3.63) is 18.0 Å². The molecule has 0 spiro atoms. The maximum Gasteiger partial charge on any atom is 0.433 e. The number of hydrogen-bond donors (Lipinski definition) is 1. The molecule has 0 aliphatic carbocycles. The van der Waals surface area contributed by atoms with Crippen LogP contribution >= 0.6 is 11.8 Å². The highest BCUT2D eigenvalue weighted by molar-refractivity contribution is 8.00. The number of hydrogen-bond acceptors (Lipinski definition) is 4. The molecular weight excluding hydrogens is 275 g/mol. The zero-order valence-corrected chi connectivity index (χ0v) is 11.6. The highest BCUT2D eigenvalue weighted by Gasteiger charge is 2.34. The maximum absolute atomic E-state index is 12.7. The predicted octanol–water partition coefficient (Wildman–Crippen LogP) is 3.01. The van der Waals surface area contributed by atoms with Crippen molar-refractivity contribution >= 4 is 23.1 Å². The van der Waals surface area contributed by atoms with Crippen LogP contribution in [0, 0.1) is 0 Å². The zero-order valence-electron chi connectivity index (χ0n) is 10.7. The van der Waals surface area contributed by atoms with Crippen LogP contribution in [0.4, 0.5) is 24.5 Å². The molecule has 1 aromatic rings. The summed E-state index contributed by atoms with van der Waals surface area (Å²) in [5.74, 6) is 0.884. The van der Waals surface area contributed by atoms with Crippen molar-refractivity contribution in [1.29, 1.82) is 0 Å². The van der Waals surface area contributed by atoms with E-state index in [0.29, 0.717) is 23.2 Å². The molecule has 1 aliphatic rings. The maximum atomic E-state index is 12.7. The van der Waals surface area contributed by atoms with E-state index < -0.39 is 11.9 Å². The third kappa shape index (κ3) is 2.91. The predicted molar refractivity (Wildman–Crippen MR) is 72.4 cm³/mol. The Bertz CT molecular complexity index is 464. The van der Waals surface area contributed by atoms with Gasteiger partial charge >= 0.3 is 6.18 Å². The quantitative estimate of drug-likeness (QED) is 0.863. The number of alkyl halides is 3. The van der Waals surface area contributed by atoms with Crippen LogP contribution in [0.5, 0.6) is 0 Å². The van der Waals surface area contributed by atoms with Crippen LogP contribution in [-0.2, 0) is 6.18 Å². The van der Waals surface area contributed by atoms with Gasteiger partial charge in [-0.15, -0.1) is 0 Å². The lowest BCUT2D eigenvalue weighted by molar-refractivity contribution is -0.141. The van der Waals surface area contributed by atoms with E-state index in [4.69, 9.17) is 5.73 Å². The molecule has 0 amide bonds. The summed E-state index contributed by atoms with van der Waals surface area (Å²) in [6.07, 6.45) is -3.35. The summed E-state index contributed by atoms with van der Waals surface area (Å²) in [4.78, 5) is 5.31. The minimum atomic E-state index is -4.44. The van der Waals surface area contributed by atoms with Crippen LogP contribution < -0.4 is 10.6 Å². The lowest BCUT2D eigenvalue weighted by atomic mass is 10.1. The van der Waals surface area contributed by atoms with E-state index in [2.05, 4.69) is 11.9 Å². The highest BCUT2D eigenvalue weighted by Crippen LogP contribution is 2.36. The Kier molecular flexibility index (Phi) is 3.85. The molecule has 0 aromatic carbocycles. The Hall–Kier alpha value is -1.11. The minimum absolute atomic E-state index is 0.143. The number of thioether (sulfide) groups is 1. The van der Waals surface area contributed by atoms with Gasteiger partial charge < -0.3 is 10.6 Å². The number of pyridine rings is 1. The average Bonchev–Trinajstić information content (AvgIpc) is 2.32. The van der Waals surface area contributed by atoms with E-state index in [9.17, 15) is 13.2 Å². The molecule has 2 unspecified atom stereocenters. The molecule has 1 saturated heterocycles. The lowest BCUT2D eigenvalue weighted by Gasteiger charge is -2.39. The SMILES string of the molecule is CC1SCCN(c2cc(C(F)(F)F)ncc2N)C1C. The van der Waals surface area contributed by atoms with Crippen LogP contribution in [0.1, 0.15) is 19.5 Å². The van der Waals surface area contributed by atoms with Crippen molar-refractivity contribution < 1.29 is 13.2 Å². The third-order valence-corrected chi connectivity index (χ3v) is 4.73. The van der Waals surface area contributed by atoms with Crippen molar-refractivity contribution in [2.45, 2.75) is 31.3 Å². The molecule has 7 heteroatoms. The first-order valence-electron chi connectivity index (χ1n) is 6.01. The molecule has 19 heavy (non-hydrogen) atoms. The van der Waals surface area contributed by atoms with E-state index >= 15 is 0 Å². The van der Waals surface area contributed by atoms with Gasteiger partial charge in [0.1, 0.15) is 5.69 Å². The number of anilines is 2. The van der Waals surface area contributed by atoms with Crippen molar-refractivity contribution in [2.75, 3.05) is 22.9 Å². The standard InChI is InChI=1S/C12H16F3N3S/c1-7-8(2)19-4-3-18(7)10-5-11(12(13,14)15)17-6-9(10)16/h5-8H,3-4,16H2,1-2H3. The Labute approximate surface area is 114 Å². The fourth-order valence-electron chi connectivity index (χ4n) is 2.13. The van der Waals surface area contributed by atoms with Gasteiger partial charge in [-0.1, -0.05) is 6.92 Å². The summed E-state index contributed by atoms with van der Waals surface area (Å²) in [5, 5.41) is 0.357. The van der Waals surface area contributed by atoms with E-state index in [1.165, 1.54) is 0 Å². The molecule has 1 fully saturated rings. The molecule has 0 radical (unpaired) electrons. The van der Waals surface area contributed by atoms with Gasteiger partial charge in [-0.05, 0) is 13.0 Å². The Morgan fingerprint density at radius 3 is 2.74 bits per heavy atom. The molecule has 1 aliphatic heterocycles. The van der Waals surface area contributed by atoms with Gasteiger partial charge in [0.25, 0.3) is 0 Å². The van der Waals surface area contributed by atoms with E-state index in [1.807, 2.05) is 23.6 Å². The average molecular weight is 291 g/mol. The smallest absolute Gasteiger partial charge is 0.396 e. The molecule has 2 N–H and O–H groups in total. The number of nitrogen functional groups attached to an aromatic ring is 1. The molecule has 106 valence electrons. The number of halogens is 3. The second kappa shape index (κ2) is 5.11. The molecule has 0 bridgehead atoms. The molecule has 2 heterocycles. The number of nitrogens with zero attached hydrogens (tertiary/aromatic N) is 2. The number of rotatable bonds is 1. The molecular formula is C12H16F3N3S. The number of nitrogens with two attached hydrogens (primary N) is 1. The highest BCUT2D eigenvalue weighted by atomic mass is 32.2. The largest absolute Gasteiger partial charge is 0.433 e. The molecule has 1 aromatic heterocycles. The number of aromatic nitrogens is 1. The second-order valence-electron chi connectivity index (χ2n) is 4.64. The fraction of sp³-hybridized carbons (Fsp3) is 0.583. The topological polar surface area (TPSA) is 42.2 Å². The van der Waals surface area contributed by atoms with Gasteiger partial charge in [0.15, 0.2) is 0 Å². The fourth-order valence-corrected chi connectivity index (χ4v) is 3.23. The van der Waals surface area contributed by atoms with Gasteiger partial charge in [-0.25, -0.2) is 4.98 Å². The van der Waals surface area contributed by atoms with Crippen molar-refractivity contribution in [3.63, 3.8) is 0 Å². The summed E-state index contributed by atoms with van der Waals surface area (Å²) in [7, 11) is 0. The monoisotopic (exact) mass is 291 g/mol. The van der Waals surface area contributed by atoms with Gasteiger partial charge in [0, 0.05) is 23.6 Å². The molecule has 2 atom stereocenters. The summed E-state index contributed by atoms with van der Waals surface area (Å²) in [6.45, 7) is 4.77. The third-order valence-electron chi connectivity index (χ3n) is 3.40. The second-order valence-corrected chi connectivity index (χ2v) is 6.12. The van der Waals surface area contributed by atoms with Crippen LogP contribution in [-0.4, -0.2) is 28.6 Å². The summed E-state index contributed by atoms with van der Waals surface area (Å²) in [5.41, 5.74) is 5.62. The molecule has 2 rings (SSSR count). The van der Waals surface area contributed by atoms with E-state index in [1.54, 1.807) is 0 Å². The van der Waals surface area contributed by atoms with Crippen LogP contribution in [0.2, 0.25) is 0 Å². The Morgan fingerprint density at radius 1 is 1.42 bits per heavy atom. The van der Waals surface area contributed by atoms with Gasteiger partial charge in [0.2, 0.25) is 0 Å².